The molecule has 146 valence electrons. The lowest BCUT2D eigenvalue weighted by Crippen LogP contribution is -2.41. The van der Waals surface area contributed by atoms with Gasteiger partial charge in [0.15, 0.2) is 0 Å². The van der Waals surface area contributed by atoms with Crippen LogP contribution >= 0.6 is 0 Å². The Morgan fingerprint density at radius 3 is 2.75 bits per heavy atom. The van der Waals surface area contributed by atoms with Gasteiger partial charge in [-0.2, -0.15) is 0 Å². The highest BCUT2D eigenvalue weighted by Crippen LogP contribution is 2.29. The number of hydrogen-bond donors (Lipinski definition) is 2. The molecule has 1 fully saturated rings. The van der Waals surface area contributed by atoms with Crippen LogP contribution in [0.3, 0.4) is 0 Å². The molecule has 6 heteroatoms. The fourth-order valence-corrected chi connectivity index (χ4v) is 4.48. The highest BCUT2D eigenvalue weighted by atomic mass is 16.3. The van der Waals surface area contributed by atoms with Gasteiger partial charge in [0.2, 0.25) is 11.8 Å². The Hall–Kier alpha value is -2.60. The minimum absolute atomic E-state index is 0.226. The van der Waals surface area contributed by atoms with Crippen molar-refractivity contribution in [3.8, 4) is 5.88 Å². The van der Waals surface area contributed by atoms with Gasteiger partial charge in [0.1, 0.15) is 0 Å². The first-order valence-electron chi connectivity index (χ1n) is 10.3. The summed E-state index contributed by atoms with van der Waals surface area (Å²) in [6.07, 6.45) is 9.99. The van der Waals surface area contributed by atoms with E-state index >= 15 is 0 Å². The molecule has 0 bridgehead atoms. The second-order valence-electron chi connectivity index (χ2n) is 8.05. The number of anilines is 1. The summed E-state index contributed by atoms with van der Waals surface area (Å²) >= 11 is 0. The molecule has 2 N–H and O–H groups in total. The zero-order chi connectivity index (χ0) is 19.1. The first-order chi connectivity index (χ1) is 13.7. The molecule has 1 aromatic carbocycles. The van der Waals surface area contributed by atoms with E-state index in [9.17, 15) is 5.11 Å². The summed E-state index contributed by atoms with van der Waals surface area (Å²) in [5, 5.41) is 14.2. The van der Waals surface area contributed by atoms with Crippen LogP contribution < -0.4 is 5.32 Å². The van der Waals surface area contributed by atoms with E-state index in [2.05, 4.69) is 38.4 Å². The monoisotopic (exact) mass is 377 g/mol. The number of fused-ring (bicyclic) bond motifs is 2. The lowest BCUT2D eigenvalue weighted by molar-refractivity contribution is 0.133. The Morgan fingerprint density at radius 2 is 2.00 bits per heavy atom. The summed E-state index contributed by atoms with van der Waals surface area (Å²) in [5.41, 5.74) is 4.92. The van der Waals surface area contributed by atoms with E-state index in [0.717, 1.165) is 24.4 Å². The molecule has 3 aromatic rings. The summed E-state index contributed by atoms with van der Waals surface area (Å²) in [6.45, 7) is 2.99. The van der Waals surface area contributed by atoms with E-state index in [1.165, 1.54) is 49.0 Å². The minimum Gasteiger partial charge on any atom is -0.494 e. The smallest absolute Gasteiger partial charge is 0.223 e. The SMILES string of the molecule is CNc1ncc2c(O)n(Cc3ccc4c(c3)CCN(C3CCC3)CC4)cc2n1. The fourth-order valence-electron chi connectivity index (χ4n) is 4.48. The van der Waals surface area contributed by atoms with Gasteiger partial charge in [-0.05, 0) is 42.4 Å². The molecule has 0 atom stereocenters. The second kappa shape index (κ2) is 7.09. The van der Waals surface area contributed by atoms with E-state index in [1.54, 1.807) is 13.2 Å². The molecule has 1 aliphatic carbocycles. The van der Waals surface area contributed by atoms with Crippen molar-refractivity contribution in [2.24, 2.45) is 0 Å². The molecule has 2 aliphatic rings. The Morgan fingerprint density at radius 1 is 1.18 bits per heavy atom. The largest absolute Gasteiger partial charge is 0.494 e. The first-order valence-corrected chi connectivity index (χ1v) is 10.3. The van der Waals surface area contributed by atoms with Crippen molar-refractivity contribution >= 4 is 16.9 Å². The Labute approximate surface area is 165 Å². The van der Waals surface area contributed by atoms with Crippen LogP contribution in [0.2, 0.25) is 0 Å². The highest BCUT2D eigenvalue weighted by molar-refractivity contribution is 5.84. The van der Waals surface area contributed by atoms with Crippen molar-refractivity contribution in [2.75, 3.05) is 25.5 Å². The molecule has 0 radical (unpaired) electrons. The zero-order valence-corrected chi connectivity index (χ0v) is 16.4. The van der Waals surface area contributed by atoms with Crippen molar-refractivity contribution in [1.82, 2.24) is 19.4 Å². The van der Waals surface area contributed by atoms with Crippen molar-refractivity contribution in [1.29, 1.82) is 0 Å². The van der Waals surface area contributed by atoms with Crippen LogP contribution in [0.5, 0.6) is 5.88 Å². The van der Waals surface area contributed by atoms with Crippen LogP contribution in [-0.2, 0) is 19.4 Å². The third-order valence-electron chi connectivity index (χ3n) is 6.38. The summed E-state index contributed by atoms with van der Waals surface area (Å²) in [4.78, 5) is 11.3. The molecule has 3 heterocycles. The molecule has 1 saturated carbocycles. The van der Waals surface area contributed by atoms with Crippen LogP contribution in [0, 0.1) is 0 Å². The Kier molecular flexibility index (Phi) is 4.43. The second-order valence-corrected chi connectivity index (χ2v) is 8.05. The average molecular weight is 377 g/mol. The maximum Gasteiger partial charge on any atom is 0.223 e. The van der Waals surface area contributed by atoms with E-state index in [-0.39, 0.29) is 5.88 Å². The number of aromatic hydroxyl groups is 1. The van der Waals surface area contributed by atoms with Crippen molar-refractivity contribution in [3.63, 3.8) is 0 Å². The average Bonchev–Trinajstić information content (AvgIpc) is 2.84. The number of aromatic nitrogens is 3. The number of benzene rings is 1. The lowest BCUT2D eigenvalue weighted by Gasteiger charge is -2.36. The van der Waals surface area contributed by atoms with Gasteiger partial charge in [0.25, 0.3) is 0 Å². The maximum absolute atomic E-state index is 10.6. The van der Waals surface area contributed by atoms with E-state index in [1.807, 2.05) is 10.8 Å². The Balaban J connectivity index is 1.37. The molecule has 0 amide bonds. The van der Waals surface area contributed by atoms with Crippen LogP contribution in [-0.4, -0.2) is 50.7 Å². The molecular weight excluding hydrogens is 350 g/mol. The third kappa shape index (κ3) is 3.11. The van der Waals surface area contributed by atoms with Crippen LogP contribution in [0.25, 0.3) is 10.9 Å². The number of rotatable bonds is 4. The fraction of sp³-hybridized carbons (Fsp3) is 0.455. The van der Waals surface area contributed by atoms with Crippen LogP contribution in [0.1, 0.15) is 36.0 Å². The van der Waals surface area contributed by atoms with E-state index < -0.39 is 0 Å². The predicted molar refractivity (Wildman–Crippen MR) is 111 cm³/mol. The van der Waals surface area contributed by atoms with Crippen LogP contribution in [0.4, 0.5) is 5.95 Å². The maximum atomic E-state index is 10.6. The minimum atomic E-state index is 0.226. The standard InChI is InChI=1S/C22H27N5O/c1-23-22-24-12-19-20(25-22)14-27(21(19)28)13-15-5-6-16-7-9-26(18-3-2-4-18)10-8-17(16)11-15/h5-6,11-12,14,18,28H,2-4,7-10,13H2,1H3,(H,23,25). The molecule has 0 saturated heterocycles. The van der Waals surface area contributed by atoms with Gasteiger partial charge in [-0.1, -0.05) is 24.6 Å². The van der Waals surface area contributed by atoms with Gasteiger partial charge in [0.05, 0.1) is 17.4 Å². The zero-order valence-electron chi connectivity index (χ0n) is 16.4. The third-order valence-corrected chi connectivity index (χ3v) is 6.38. The van der Waals surface area contributed by atoms with Gasteiger partial charge in [-0.15, -0.1) is 0 Å². The lowest BCUT2D eigenvalue weighted by atomic mass is 9.91. The molecule has 1 aliphatic heterocycles. The van der Waals surface area contributed by atoms with Crippen LogP contribution in [0.15, 0.2) is 30.6 Å². The number of nitrogens with zero attached hydrogens (tertiary/aromatic N) is 4. The van der Waals surface area contributed by atoms with Gasteiger partial charge in [0, 0.05) is 38.6 Å². The van der Waals surface area contributed by atoms with Crippen molar-refractivity contribution < 1.29 is 5.11 Å². The van der Waals surface area contributed by atoms with Gasteiger partial charge < -0.3 is 15.0 Å². The molecule has 28 heavy (non-hydrogen) atoms. The summed E-state index contributed by atoms with van der Waals surface area (Å²) in [5.74, 6) is 0.787. The topological polar surface area (TPSA) is 66.2 Å². The number of nitrogens with one attached hydrogen (secondary N) is 1. The van der Waals surface area contributed by atoms with E-state index in [4.69, 9.17) is 0 Å². The molecule has 0 unspecified atom stereocenters. The first kappa shape index (κ1) is 17.5. The molecule has 5 rings (SSSR count). The molecule has 6 nitrogen and oxygen atoms in total. The summed E-state index contributed by atoms with van der Waals surface area (Å²) in [6, 6.07) is 7.64. The highest BCUT2D eigenvalue weighted by Gasteiger charge is 2.26. The predicted octanol–water partition coefficient (Wildman–Crippen LogP) is 3.18. The quantitative estimate of drug-likeness (QED) is 0.731. The van der Waals surface area contributed by atoms with Crippen molar-refractivity contribution in [2.45, 2.75) is 44.7 Å². The van der Waals surface area contributed by atoms with Gasteiger partial charge in [-0.3, -0.25) is 4.90 Å². The normalized spacial score (nSPS) is 17.9. The molecule has 0 spiro atoms. The van der Waals surface area contributed by atoms with Gasteiger partial charge in [-0.25, -0.2) is 9.97 Å². The van der Waals surface area contributed by atoms with E-state index in [0.29, 0.717) is 17.9 Å². The van der Waals surface area contributed by atoms with Gasteiger partial charge >= 0.3 is 0 Å². The Bertz CT molecular complexity index is 1010. The summed E-state index contributed by atoms with van der Waals surface area (Å²) < 4.78 is 1.86. The number of hydrogen-bond acceptors (Lipinski definition) is 5. The molecular formula is C22H27N5O. The molecule has 2 aromatic heterocycles. The summed E-state index contributed by atoms with van der Waals surface area (Å²) in [7, 11) is 1.79. The van der Waals surface area contributed by atoms with Crippen molar-refractivity contribution in [3.05, 3.63) is 47.3 Å².